The number of halogens is 1. The van der Waals surface area contributed by atoms with Crippen molar-refractivity contribution in [1.29, 1.82) is 5.26 Å². The van der Waals surface area contributed by atoms with Crippen LogP contribution in [0.3, 0.4) is 0 Å². The average molecular weight is 458 g/mol. The number of fused-ring (bicyclic) bond motifs is 1. The molecule has 0 bridgehead atoms. The highest BCUT2D eigenvalue weighted by atomic mass is 19.1. The van der Waals surface area contributed by atoms with Gasteiger partial charge in [-0.3, -0.25) is 29.4 Å². The Labute approximate surface area is 191 Å². The minimum atomic E-state index is -1.06. The second kappa shape index (κ2) is 7.70. The van der Waals surface area contributed by atoms with Gasteiger partial charge in [0, 0.05) is 17.5 Å². The fraction of sp³-hybridized carbons (Fsp3) is 0.174. The first kappa shape index (κ1) is 21.1. The Morgan fingerprint density at radius 3 is 2.56 bits per heavy atom. The lowest BCUT2D eigenvalue weighted by atomic mass is 10.0. The van der Waals surface area contributed by atoms with Crippen LogP contribution in [0, 0.1) is 24.1 Å². The number of nitrogens with one attached hydrogen (secondary N) is 1. The summed E-state index contributed by atoms with van der Waals surface area (Å²) in [5.74, 6) is -2.89. The third-order valence-electron chi connectivity index (χ3n) is 5.97. The first-order chi connectivity index (χ1) is 16.3. The van der Waals surface area contributed by atoms with Crippen LogP contribution in [-0.2, 0) is 9.59 Å². The third kappa shape index (κ3) is 3.15. The number of aromatic nitrogens is 3. The van der Waals surface area contributed by atoms with E-state index in [0.717, 1.165) is 4.90 Å². The molecule has 11 heteroatoms. The predicted molar refractivity (Wildman–Crippen MR) is 113 cm³/mol. The van der Waals surface area contributed by atoms with Crippen molar-refractivity contribution in [2.45, 2.75) is 25.8 Å². The maximum atomic E-state index is 13.8. The van der Waals surface area contributed by atoms with E-state index in [9.17, 15) is 28.8 Å². The summed E-state index contributed by atoms with van der Waals surface area (Å²) in [7, 11) is 0. The van der Waals surface area contributed by atoms with Gasteiger partial charge in [0.05, 0.1) is 28.6 Å². The molecule has 2 aliphatic rings. The fourth-order valence-corrected chi connectivity index (χ4v) is 4.16. The molecular weight excluding hydrogens is 443 g/mol. The third-order valence-corrected chi connectivity index (χ3v) is 5.97. The van der Waals surface area contributed by atoms with Crippen LogP contribution in [0.1, 0.15) is 44.7 Å². The number of benzene rings is 2. The summed E-state index contributed by atoms with van der Waals surface area (Å²) in [4.78, 5) is 50.4. The average Bonchev–Trinajstić information content (AvgIpc) is 3.40. The second-order valence-electron chi connectivity index (χ2n) is 7.93. The van der Waals surface area contributed by atoms with Crippen molar-refractivity contribution >= 4 is 23.6 Å². The minimum absolute atomic E-state index is 0.0321. The monoisotopic (exact) mass is 458 g/mol. The number of carbonyl (C=O) groups excluding carboxylic acids is 4. The van der Waals surface area contributed by atoms with Crippen molar-refractivity contribution in [3.8, 4) is 23.0 Å². The normalized spacial score (nSPS) is 17.6. The zero-order chi connectivity index (χ0) is 24.1. The Balaban J connectivity index is 1.48. The number of nitriles is 1. The molecule has 4 amide bonds. The second-order valence-corrected chi connectivity index (χ2v) is 7.93. The molecule has 0 spiro atoms. The van der Waals surface area contributed by atoms with E-state index < -0.39 is 35.5 Å². The van der Waals surface area contributed by atoms with Crippen LogP contribution >= 0.6 is 0 Å². The molecule has 3 aromatic rings. The van der Waals surface area contributed by atoms with Crippen LogP contribution in [-0.4, -0.2) is 49.6 Å². The molecule has 1 atom stereocenters. The van der Waals surface area contributed by atoms with Crippen LogP contribution in [0.25, 0.3) is 16.9 Å². The van der Waals surface area contributed by atoms with E-state index in [4.69, 9.17) is 0 Å². The summed E-state index contributed by atoms with van der Waals surface area (Å²) in [6.07, 6.45) is 1.62. The minimum Gasteiger partial charge on any atom is -0.295 e. The molecule has 1 fully saturated rings. The number of amides is 4. The molecule has 34 heavy (non-hydrogen) atoms. The predicted octanol–water partition coefficient (Wildman–Crippen LogP) is 1.65. The Bertz CT molecular complexity index is 1470. The van der Waals surface area contributed by atoms with Crippen LogP contribution in [0.15, 0.2) is 36.5 Å². The van der Waals surface area contributed by atoms with Gasteiger partial charge in [-0.25, -0.2) is 9.07 Å². The lowest BCUT2D eigenvalue weighted by Gasteiger charge is -2.27. The fourth-order valence-electron chi connectivity index (χ4n) is 4.16. The van der Waals surface area contributed by atoms with E-state index in [-0.39, 0.29) is 35.1 Å². The smallest absolute Gasteiger partial charge is 0.262 e. The number of piperidine rings is 1. The first-order valence-electron chi connectivity index (χ1n) is 10.3. The standard InChI is InChI=1S/C23H15FN6O4/c1-11-16(9-25)13(4-5-17(11)24)18-10-29(28-27-18)12-2-3-14-15(8-12)23(34)30(22(14)33)19-6-7-20(31)26-21(19)32/h2-5,8,10,19H,6-7H2,1H3,(H,26,31,32). The van der Waals surface area contributed by atoms with Crippen molar-refractivity contribution in [2.75, 3.05) is 0 Å². The first-order valence-corrected chi connectivity index (χ1v) is 10.3. The molecule has 1 aromatic heterocycles. The van der Waals surface area contributed by atoms with E-state index >= 15 is 0 Å². The van der Waals surface area contributed by atoms with E-state index in [1.54, 1.807) is 6.07 Å². The SMILES string of the molecule is Cc1c(F)ccc(-c2cn(-c3ccc4c(c3)C(=O)N(C3CCC(=O)NC3=O)C4=O)nn2)c1C#N. The highest BCUT2D eigenvalue weighted by molar-refractivity contribution is 6.23. The van der Waals surface area contributed by atoms with Gasteiger partial charge in [-0.1, -0.05) is 5.21 Å². The summed E-state index contributed by atoms with van der Waals surface area (Å²) in [6.45, 7) is 1.50. The van der Waals surface area contributed by atoms with Gasteiger partial charge < -0.3 is 0 Å². The molecule has 10 nitrogen and oxygen atoms in total. The maximum absolute atomic E-state index is 13.8. The Hall–Kier alpha value is -4.72. The Morgan fingerprint density at radius 2 is 1.82 bits per heavy atom. The summed E-state index contributed by atoms with van der Waals surface area (Å²) in [5, 5.41) is 19.7. The Kier molecular flexibility index (Phi) is 4.79. The van der Waals surface area contributed by atoms with Crippen molar-refractivity contribution in [1.82, 2.24) is 25.2 Å². The van der Waals surface area contributed by atoms with Crippen molar-refractivity contribution in [3.63, 3.8) is 0 Å². The topological polar surface area (TPSA) is 138 Å². The van der Waals surface area contributed by atoms with Gasteiger partial charge in [-0.15, -0.1) is 5.10 Å². The van der Waals surface area contributed by atoms with Crippen molar-refractivity contribution in [2.24, 2.45) is 0 Å². The van der Waals surface area contributed by atoms with Gasteiger partial charge in [0.15, 0.2) is 0 Å². The number of hydrogen-bond acceptors (Lipinski definition) is 7. The molecule has 2 aliphatic heterocycles. The van der Waals surface area contributed by atoms with E-state index in [1.807, 2.05) is 6.07 Å². The van der Waals surface area contributed by atoms with E-state index in [1.165, 1.54) is 42.1 Å². The van der Waals surface area contributed by atoms with Crippen LogP contribution in [0.4, 0.5) is 4.39 Å². The number of rotatable bonds is 3. The van der Waals surface area contributed by atoms with Crippen molar-refractivity contribution < 1.29 is 23.6 Å². The molecule has 1 saturated heterocycles. The summed E-state index contributed by atoms with van der Waals surface area (Å²) >= 11 is 0. The lowest BCUT2D eigenvalue weighted by Crippen LogP contribution is -2.54. The Morgan fingerprint density at radius 1 is 1.09 bits per heavy atom. The van der Waals surface area contributed by atoms with Gasteiger partial charge >= 0.3 is 0 Å². The van der Waals surface area contributed by atoms with E-state index in [2.05, 4.69) is 15.6 Å². The molecule has 1 unspecified atom stereocenters. The number of carbonyl (C=O) groups is 4. The van der Waals surface area contributed by atoms with Gasteiger partial charge in [-0.05, 0) is 43.7 Å². The lowest BCUT2D eigenvalue weighted by molar-refractivity contribution is -0.136. The zero-order valence-corrected chi connectivity index (χ0v) is 17.7. The zero-order valence-electron chi connectivity index (χ0n) is 17.7. The summed E-state index contributed by atoms with van der Waals surface area (Å²) < 4.78 is 15.2. The number of nitrogens with zero attached hydrogens (tertiary/aromatic N) is 5. The largest absolute Gasteiger partial charge is 0.295 e. The molecule has 168 valence electrons. The molecule has 0 radical (unpaired) electrons. The van der Waals surface area contributed by atoms with Gasteiger partial charge in [0.25, 0.3) is 11.8 Å². The maximum Gasteiger partial charge on any atom is 0.262 e. The molecular formula is C23H15FN6O4. The number of imide groups is 2. The van der Waals surface area contributed by atoms with Crippen LogP contribution in [0.5, 0.6) is 0 Å². The molecule has 3 heterocycles. The van der Waals surface area contributed by atoms with Crippen molar-refractivity contribution in [3.05, 3.63) is 64.6 Å². The van der Waals surface area contributed by atoms with Gasteiger partial charge in [0.2, 0.25) is 11.8 Å². The summed E-state index contributed by atoms with van der Waals surface area (Å²) in [6, 6.07) is 8.09. The quantitative estimate of drug-likeness (QED) is 0.589. The van der Waals surface area contributed by atoms with Gasteiger partial charge in [-0.2, -0.15) is 5.26 Å². The molecule has 0 saturated carbocycles. The molecule has 5 rings (SSSR count). The highest BCUT2D eigenvalue weighted by Gasteiger charge is 2.44. The number of hydrogen-bond donors (Lipinski definition) is 1. The van der Waals surface area contributed by atoms with E-state index in [0.29, 0.717) is 16.9 Å². The summed E-state index contributed by atoms with van der Waals surface area (Å²) in [5.41, 5.74) is 1.73. The molecule has 0 aliphatic carbocycles. The molecule has 1 N–H and O–H groups in total. The van der Waals surface area contributed by atoms with Gasteiger partial charge in [0.1, 0.15) is 23.6 Å². The van der Waals surface area contributed by atoms with Crippen LogP contribution < -0.4 is 5.32 Å². The van der Waals surface area contributed by atoms with Crippen LogP contribution in [0.2, 0.25) is 0 Å². The molecule has 2 aromatic carbocycles. The highest BCUT2D eigenvalue weighted by Crippen LogP contribution is 2.30.